The molecular weight excluding hydrogens is 231 g/mol. The minimum absolute atomic E-state index is 0.0233. The van der Waals surface area contributed by atoms with Crippen LogP contribution in [-0.2, 0) is 4.74 Å². The van der Waals surface area contributed by atoms with Crippen molar-refractivity contribution in [3.63, 3.8) is 0 Å². The van der Waals surface area contributed by atoms with Gasteiger partial charge in [0.15, 0.2) is 5.78 Å². The van der Waals surface area contributed by atoms with E-state index in [0.717, 1.165) is 0 Å². The Hall–Kier alpha value is -0.930. The van der Waals surface area contributed by atoms with E-state index in [-0.39, 0.29) is 16.7 Å². The summed E-state index contributed by atoms with van der Waals surface area (Å²) in [6.45, 7) is 2.35. The highest BCUT2D eigenvalue weighted by Gasteiger charge is 2.16. The molecule has 1 rings (SSSR count). The Morgan fingerprint density at radius 3 is 2.81 bits per heavy atom. The van der Waals surface area contributed by atoms with E-state index in [1.165, 1.54) is 18.2 Å². The fourth-order valence-corrected chi connectivity index (χ4v) is 1.54. The van der Waals surface area contributed by atoms with Crippen LogP contribution in [0.3, 0.4) is 0 Å². The number of hydrogen-bond acceptors (Lipinski definition) is 2. The van der Waals surface area contributed by atoms with Crippen LogP contribution in [0.2, 0.25) is 5.02 Å². The Morgan fingerprint density at radius 2 is 2.25 bits per heavy atom. The summed E-state index contributed by atoms with van der Waals surface area (Å²) in [5, 5.41) is -0.0233. The summed E-state index contributed by atoms with van der Waals surface area (Å²) in [6.07, 6.45) is 0.643. The SMILES string of the molecule is COCCC(C)C(=O)c1ccc(F)c(Cl)c1. The van der Waals surface area contributed by atoms with Crippen LogP contribution in [0.4, 0.5) is 4.39 Å². The van der Waals surface area contributed by atoms with Gasteiger partial charge in [-0.15, -0.1) is 0 Å². The van der Waals surface area contributed by atoms with E-state index >= 15 is 0 Å². The minimum atomic E-state index is -0.511. The predicted molar refractivity (Wildman–Crippen MR) is 61.4 cm³/mol. The summed E-state index contributed by atoms with van der Waals surface area (Å²) >= 11 is 5.62. The number of rotatable bonds is 5. The second-order valence-corrected chi connectivity index (χ2v) is 4.08. The Morgan fingerprint density at radius 1 is 1.56 bits per heavy atom. The van der Waals surface area contributed by atoms with Gasteiger partial charge in [-0.1, -0.05) is 18.5 Å². The average Bonchev–Trinajstić information content (AvgIpc) is 2.28. The molecule has 0 amide bonds. The quantitative estimate of drug-likeness (QED) is 0.743. The second kappa shape index (κ2) is 5.97. The molecule has 0 aromatic heterocycles. The Bertz CT molecular complexity index is 379. The van der Waals surface area contributed by atoms with Crippen LogP contribution in [0.15, 0.2) is 18.2 Å². The first-order valence-electron chi connectivity index (χ1n) is 5.04. The predicted octanol–water partition coefficient (Wildman–Crippen LogP) is 3.33. The standard InChI is InChI=1S/C12H14ClFO2/c1-8(5-6-16-2)12(15)9-3-4-11(14)10(13)7-9/h3-4,7-8H,5-6H2,1-2H3. The van der Waals surface area contributed by atoms with Crippen LogP contribution in [-0.4, -0.2) is 19.5 Å². The van der Waals surface area contributed by atoms with Crippen LogP contribution in [0.25, 0.3) is 0 Å². The highest BCUT2D eigenvalue weighted by atomic mass is 35.5. The molecule has 0 saturated carbocycles. The van der Waals surface area contributed by atoms with Crippen LogP contribution < -0.4 is 0 Å². The highest BCUT2D eigenvalue weighted by Crippen LogP contribution is 2.19. The lowest BCUT2D eigenvalue weighted by atomic mass is 9.97. The highest BCUT2D eigenvalue weighted by molar-refractivity contribution is 6.31. The van der Waals surface area contributed by atoms with Gasteiger partial charge in [-0.05, 0) is 24.6 Å². The van der Waals surface area contributed by atoms with Gasteiger partial charge < -0.3 is 4.74 Å². The number of carbonyl (C=O) groups excluding carboxylic acids is 1. The van der Waals surface area contributed by atoms with Gasteiger partial charge in [0.25, 0.3) is 0 Å². The molecule has 0 N–H and O–H groups in total. The van der Waals surface area contributed by atoms with Gasteiger partial charge in [-0.3, -0.25) is 4.79 Å². The molecule has 2 nitrogen and oxygen atoms in total. The molecule has 0 spiro atoms. The molecule has 1 unspecified atom stereocenters. The lowest BCUT2D eigenvalue weighted by molar-refractivity contribution is 0.0893. The summed E-state index contributed by atoms with van der Waals surface area (Å²) in [7, 11) is 1.59. The molecule has 1 aromatic rings. The largest absolute Gasteiger partial charge is 0.385 e. The van der Waals surface area contributed by atoms with E-state index in [4.69, 9.17) is 16.3 Å². The van der Waals surface area contributed by atoms with Crippen molar-refractivity contribution in [1.29, 1.82) is 0 Å². The molecule has 4 heteroatoms. The van der Waals surface area contributed by atoms with Crippen LogP contribution >= 0.6 is 11.6 Å². The van der Waals surface area contributed by atoms with Crippen molar-refractivity contribution in [2.24, 2.45) is 5.92 Å². The van der Waals surface area contributed by atoms with E-state index in [9.17, 15) is 9.18 Å². The van der Waals surface area contributed by atoms with E-state index < -0.39 is 5.82 Å². The number of benzene rings is 1. The van der Waals surface area contributed by atoms with Crippen LogP contribution in [0.1, 0.15) is 23.7 Å². The number of methoxy groups -OCH3 is 1. The van der Waals surface area contributed by atoms with Crippen molar-refractivity contribution in [2.75, 3.05) is 13.7 Å². The Balaban J connectivity index is 2.76. The molecule has 1 aromatic carbocycles. The van der Waals surface area contributed by atoms with Gasteiger partial charge in [-0.25, -0.2) is 4.39 Å². The number of halogens is 2. The van der Waals surface area contributed by atoms with Crippen molar-refractivity contribution in [2.45, 2.75) is 13.3 Å². The van der Waals surface area contributed by atoms with Crippen molar-refractivity contribution in [3.05, 3.63) is 34.6 Å². The molecule has 0 bridgehead atoms. The van der Waals surface area contributed by atoms with Crippen molar-refractivity contribution in [1.82, 2.24) is 0 Å². The summed E-state index contributed by atoms with van der Waals surface area (Å²) in [4.78, 5) is 11.9. The minimum Gasteiger partial charge on any atom is -0.385 e. The average molecular weight is 245 g/mol. The fourth-order valence-electron chi connectivity index (χ4n) is 1.36. The van der Waals surface area contributed by atoms with Crippen molar-refractivity contribution < 1.29 is 13.9 Å². The maximum absolute atomic E-state index is 12.9. The first kappa shape index (κ1) is 13.1. The van der Waals surface area contributed by atoms with Gasteiger partial charge >= 0.3 is 0 Å². The van der Waals surface area contributed by atoms with Gasteiger partial charge in [0, 0.05) is 25.2 Å². The molecule has 0 aliphatic rings. The number of carbonyl (C=O) groups is 1. The Labute approximate surface area is 99.4 Å². The lowest BCUT2D eigenvalue weighted by Gasteiger charge is -2.10. The molecule has 88 valence electrons. The third-order valence-corrected chi connectivity index (χ3v) is 2.70. The monoisotopic (exact) mass is 244 g/mol. The summed E-state index contributed by atoms with van der Waals surface area (Å²) in [5.74, 6) is -0.705. The lowest BCUT2D eigenvalue weighted by Crippen LogP contribution is -2.13. The molecule has 0 aliphatic carbocycles. The molecular formula is C12H14ClFO2. The first-order valence-corrected chi connectivity index (χ1v) is 5.42. The Kier molecular flexibility index (Phi) is 4.90. The maximum Gasteiger partial charge on any atom is 0.165 e. The normalized spacial score (nSPS) is 12.5. The zero-order valence-electron chi connectivity index (χ0n) is 9.30. The zero-order valence-corrected chi connectivity index (χ0v) is 10.1. The van der Waals surface area contributed by atoms with Crippen molar-refractivity contribution in [3.8, 4) is 0 Å². The smallest absolute Gasteiger partial charge is 0.165 e. The maximum atomic E-state index is 12.9. The third kappa shape index (κ3) is 3.29. The van der Waals surface area contributed by atoms with Gasteiger partial charge in [0.1, 0.15) is 5.82 Å². The molecule has 0 heterocycles. The van der Waals surface area contributed by atoms with E-state index in [1.807, 2.05) is 6.92 Å². The van der Waals surface area contributed by atoms with Crippen molar-refractivity contribution >= 4 is 17.4 Å². The van der Waals surface area contributed by atoms with E-state index in [0.29, 0.717) is 18.6 Å². The number of ether oxygens (including phenoxy) is 1. The molecule has 0 saturated heterocycles. The molecule has 16 heavy (non-hydrogen) atoms. The molecule has 0 fully saturated rings. The van der Waals surface area contributed by atoms with E-state index in [2.05, 4.69) is 0 Å². The molecule has 1 atom stereocenters. The van der Waals surface area contributed by atoms with E-state index in [1.54, 1.807) is 7.11 Å². The van der Waals surface area contributed by atoms with Gasteiger partial charge in [0.05, 0.1) is 5.02 Å². The summed E-state index contributed by atoms with van der Waals surface area (Å²) in [5.41, 5.74) is 0.440. The van der Waals surface area contributed by atoms with Gasteiger partial charge in [-0.2, -0.15) is 0 Å². The molecule has 0 radical (unpaired) electrons. The zero-order chi connectivity index (χ0) is 12.1. The number of hydrogen-bond donors (Lipinski definition) is 0. The summed E-state index contributed by atoms with van der Waals surface area (Å²) in [6, 6.07) is 4.02. The second-order valence-electron chi connectivity index (χ2n) is 3.68. The van der Waals surface area contributed by atoms with Crippen LogP contribution in [0.5, 0.6) is 0 Å². The first-order chi connectivity index (χ1) is 7.56. The number of ketones is 1. The molecule has 0 aliphatic heterocycles. The number of Topliss-reactive ketones (excluding diaryl/α,β-unsaturated/α-hetero) is 1. The topological polar surface area (TPSA) is 26.3 Å². The summed E-state index contributed by atoms with van der Waals surface area (Å²) < 4.78 is 17.8. The fraction of sp³-hybridized carbons (Fsp3) is 0.417. The third-order valence-electron chi connectivity index (χ3n) is 2.41. The van der Waals surface area contributed by atoms with Crippen LogP contribution in [0, 0.1) is 11.7 Å². The van der Waals surface area contributed by atoms with Gasteiger partial charge in [0.2, 0.25) is 0 Å².